The molecular formula is C22H22N2O6. The van der Waals surface area contributed by atoms with Crippen molar-refractivity contribution >= 4 is 23.6 Å². The molecule has 8 heteroatoms. The molecule has 0 aliphatic carbocycles. The van der Waals surface area contributed by atoms with Gasteiger partial charge in [0.05, 0.1) is 26.5 Å². The number of anilines is 1. The number of carbonyl (C=O) groups excluding carboxylic acids is 2. The van der Waals surface area contributed by atoms with Crippen LogP contribution in [0.2, 0.25) is 0 Å². The number of ether oxygens (including phenoxy) is 4. The van der Waals surface area contributed by atoms with Gasteiger partial charge in [-0.15, -0.1) is 0 Å². The van der Waals surface area contributed by atoms with E-state index in [4.69, 9.17) is 18.9 Å². The van der Waals surface area contributed by atoms with Gasteiger partial charge in [-0.3, -0.25) is 4.79 Å². The molecular weight excluding hydrogens is 388 g/mol. The first-order valence-electron chi connectivity index (χ1n) is 9.05. The van der Waals surface area contributed by atoms with Crippen molar-refractivity contribution in [3.05, 3.63) is 53.6 Å². The van der Waals surface area contributed by atoms with Crippen LogP contribution in [0.3, 0.4) is 0 Å². The Balaban J connectivity index is 2.23. The van der Waals surface area contributed by atoms with Crippen LogP contribution < -0.4 is 19.5 Å². The van der Waals surface area contributed by atoms with Crippen LogP contribution in [0.5, 0.6) is 17.2 Å². The Hall–Kier alpha value is -3.99. The van der Waals surface area contributed by atoms with Crippen LogP contribution in [0.1, 0.15) is 12.5 Å². The summed E-state index contributed by atoms with van der Waals surface area (Å²) in [4.78, 5) is 24.1. The molecule has 0 radical (unpaired) electrons. The van der Waals surface area contributed by atoms with Gasteiger partial charge in [0.1, 0.15) is 17.4 Å². The second-order valence-electron chi connectivity index (χ2n) is 5.83. The SMILES string of the molecule is CCOC(=O)COc1cc(/C=C(/C#N)C(=O)Nc2ccccc2OC)ccc1OC. The number of nitrogens with zero attached hydrogens (tertiary/aromatic N) is 1. The number of amides is 1. The smallest absolute Gasteiger partial charge is 0.344 e. The zero-order valence-electron chi connectivity index (χ0n) is 16.9. The predicted octanol–water partition coefficient (Wildman–Crippen LogP) is 3.19. The standard InChI is InChI=1S/C22H22N2O6/c1-4-29-21(25)14-30-20-12-15(9-10-19(20)28-3)11-16(13-23)22(26)24-17-7-5-6-8-18(17)27-2/h5-12H,4,14H2,1-3H3,(H,24,26)/b16-11-. The van der Waals surface area contributed by atoms with Crippen molar-refractivity contribution < 1.29 is 28.5 Å². The van der Waals surface area contributed by atoms with E-state index in [1.54, 1.807) is 49.4 Å². The summed E-state index contributed by atoms with van der Waals surface area (Å²) in [6.07, 6.45) is 1.40. The van der Waals surface area contributed by atoms with Crippen molar-refractivity contribution in [3.8, 4) is 23.3 Å². The highest BCUT2D eigenvalue weighted by Crippen LogP contribution is 2.29. The summed E-state index contributed by atoms with van der Waals surface area (Å²) in [5.74, 6) is 0.0404. The molecule has 0 fully saturated rings. The lowest BCUT2D eigenvalue weighted by molar-refractivity contribution is -0.145. The van der Waals surface area contributed by atoms with Crippen molar-refractivity contribution in [1.82, 2.24) is 0 Å². The summed E-state index contributed by atoms with van der Waals surface area (Å²) in [6.45, 7) is 1.65. The van der Waals surface area contributed by atoms with Crippen molar-refractivity contribution in [2.24, 2.45) is 0 Å². The highest BCUT2D eigenvalue weighted by atomic mass is 16.6. The minimum atomic E-state index is -0.591. The van der Waals surface area contributed by atoms with Gasteiger partial charge in [0.25, 0.3) is 5.91 Å². The number of hydrogen-bond donors (Lipinski definition) is 1. The number of nitrogens with one attached hydrogen (secondary N) is 1. The average Bonchev–Trinajstić information content (AvgIpc) is 2.76. The molecule has 156 valence electrons. The second kappa shape index (κ2) is 11.1. The van der Waals surface area contributed by atoms with Crippen LogP contribution in [-0.2, 0) is 14.3 Å². The number of methoxy groups -OCH3 is 2. The molecule has 1 N–H and O–H groups in total. The molecule has 2 aromatic rings. The van der Waals surface area contributed by atoms with Gasteiger partial charge in [0.2, 0.25) is 0 Å². The fourth-order valence-electron chi connectivity index (χ4n) is 2.49. The van der Waals surface area contributed by atoms with Crippen molar-refractivity contribution in [3.63, 3.8) is 0 Å². The van der Waals surface area contributed by atoms with E-state index >= 15 is 0 Å². The number of hydrogen-bond acceptors (Lipinski definition) is 7. The maximum absolute atomic E-state index is 12.5. The van der Waals surface area contributed by atoms with Gasteiger partial charge < -0.3 is 24.3 Å². The van der Waals surface area contributed by atoms with E-state index in [1.807, 2.05) is 6.07 Å². The number of rotatable bonds is 9. The summed E-state index contributed by atoms with van der Waals surface area (Å²) < 4.78 is 20.7. The molecule has 0 aliphatic rings. The molecule has 0 aromatic heterocycles. The Labute approximate surface area is 174 Å². The Morgan fingerprint density at radius 2 is 1.80 bits per heavy atom. The molecule has 0 atom stereocenters. The Morgan fingerprint density at radius 3 is 2.47 bits per heavy atom. The summed E-state index contributed by atoms with van der Waals surface area (Å²) in [5, 5.41) is 12.1. The summed E-state index contributed by atoms with van der Waals surface area (Å²) in [6, 6.07) is 13.6. The summed E-state index contributed by atoms with van der Waals surface area (Å²) in [5.41, 5.74) is 0.836. The molecule has 8 nitrogen and oxygen atoms in total. The van der Waals surface area contributed by atoms with Crippen LogP contribution in [-0.4, -0.2) is 39.3 Å². The average molecular weight is 410 g/mol. The van der Waals surface area contributed by atoms with Gasteiger partial charge in [-0.25, -0.2) is 4.79 Å². The van der Waals surface area contributed by atoms with Crippen LogP contribution in [0.15, 0.2) is 48.0 Å². The normalized spacial score (nSPS) is 10.5. The van der Waals surface area contributed by atoms with E-state index in [-0.39, 0.29) is 24.5 Å². The Bertz CT molecular complexity index is 978. The quantitative estimate of drug-likeness (QED) is 0.384. The van der Waals surface area contributed by atoms with E-state index in [0.717, 1.165) is 0 Å². The number of benzene rings is 2. The van der Waals surface area contributed by atoms with Gasteiger partial charge in [-0.2, -0.15) is 5.26 Å². The molecule has 0 saturated heterocycles. The molecule has 1 amide bonds. The third-order valence-electron chi connectivity index (χ3n) is 3.87. The predicted molar refractivity (Wildman–Crippen MR) is 110 cm³/mol. The van der Waals surface area contributed by atoms with Gasteiger partial charge in [-0.05, 0) is 42.8 Å². The monoisotopic (exact) mass is 410 g/mol. The number of carbonyl (C=O) groups is 2. The minimum Gasteiger partial charge on any atom is -0.495 e. The van der Waals surface area contributed by atoms with E-state index < -0.39 is 11.9 Å². The molecule has 2 aromatic carbocycles. The van der Waals surface area contributed by atoms with Gasteiger partial charge in [0.15, 0.2) is 18.1 Å². The van der Waals surface area contributed by atoms with Crippen molar-refractivity contribution in [1.29, 1.82) is 5.26 Å². The third-order valence-corrected chi connectivity index (χ3v) is 3.87. The largest absolute Gasteiger partial charge is 0.495 e. The highest BCUT2D eigenvalue weighted by Gasteiger charge is 2.14. The Kier molecular flexibility index (Phi) is 8.27. The van der Waals surface area contributed by atoms with E-state index in [9.17, 15) is 14.9 Å². The van der Waals surface area contributed by atoms with Gasteiger partial charge in [0, 0.05) is 0 Å². The van der Waals surface area contributed by atoms with Gasteiger partial charge >= 0.3 is 5.97 Å². The number of para-hydroxylation sites is 2. The third kappa shape index (κ3) is 6.01. The fraction of sp³-hybridized carbons (Fsp3) is 0.227. The number of nitriles is 1. The van der Waals surface area contributed by atoms with E-state index in [1.165, 1.54) is 20.3 Å². The van der Waals surface area contributed by atoms with Crippen LogP contribution >= 0.6 is 0 Å². The summed E-state index contributed by atoms with van der Waals surface area (Å²) in [7, 11) is 2.95. The lowest BCUT2D eigenvalue weighted by Gasteiger charge is -2.11. The second-order valence-corrected chi connectivity index (χ2v) is 5.83. The molecule has 0 heterocycles. The highest BCUT2D eigenvalue weighted by molar-refractivity contribution is 6.10. The fourth-order valence-corrected chi connectivity index (χ4v) is 2.49. The minimum absolute atomic E-state index is 0.123. The van der Waals surface area contributed by atoms with Crippen LogP contribution in [0.4, 0.5) is 5.69 Å². The maximum atomic E-state index is 12.5. The zero-order valence-corrected chi connectivity index (χ0v) is 16.9. The summed E-state index contributed by atoms with van der Waals surface area (Å²) >= 11 is 0. The van der Waals surface area contributed by atoms with Crippen molar-refractivity contribution in [2.45, 2.75) is 6.92 Å². The van der Waals surface area contributed by atoms with E-state index in [2.05, 4.69) is 5.32 Å². The van der Waals surface area contributed by atoms with Gasteiger partial charge in [-0.1, -0.05) is 18.2 Å². The molecule has 2 rings (SSSR count). The molecule has 0 unspecified atom stereocenters. The zero-order chi connectivity index (χ0) is 21.9. The van der Waals surface area contributed by atoms with E-state index in [0.29, 0.717) is 22.7 Å². The molecule has 30 heavy (non-hydrogen) atoms. The molecule has 0 spiro atoms. The lowest BCUT2D eigenvalue weighted by atomic mass is 10.1. The topological polar surface area (TPSA) is 107 Å². The van der Waals surface area contributed by atoms with Crippen LogP contribution in [0.25, 0.3) is 6.08 Å². The first-order chi connectivity index (χ1) is 14.5. The lowest BCUT2D eigenvalue weighted by Crippen LogP contribution is -2.15. The van der Waals surface area contributed by atoms with Crippen molar-refractivity contribution in [2.75, 3.05) is 32.8 Å². The molecule has 0 aliphatic heterocycles. The first kappa shape index (κ1) is 22.3. The molecule has 0 saturated carbocycles. The number of esters is 1. The van der Waals surface area contributed by atoms with Crippen LogP contribution in [0, 0.1) is 11.3 Å². The first-order valence-corrected chi connectivity index (χ1v) is 9.05. The Morgan fingerprint density at radius 1 is 1.07 bits per heavy atom. The maximum Gasteiger partial charge on any atom is 0.344 e. The molecule has 0 bridgehead atoms.